The molecule has 1 unspecified atom stereocenters. The molecule has 0 saturated heterocycles. The molecule has 0 spiro atoms. The zero-order valence-corrected chi connectivity index (χ0v) is 14.9. The van der Waals surface area contributed by atoms with Crippen LogP contribution in [0.15, 0.2) is 48.5 Å². The average Bonchev–Trinajstić information content (AvgIpc) is 2.54. The van der Waals surface area contributed by atoms with E-state index in [1.54, 1.807) is 31.2 Å². The number of benzene rings is 2. The molecule has 0 aliphatic carbocycles. The van der Waals surface area contributed by atoms with E-state index in [1.807, 2.05) is 24.3 Å². The highest BCUT2D eigenvalue weighted by Gasteiger charge is 2.11. The van der Waals surface area contributed by atoms with Crippen LogP contribution in [0.5, 0.6) is 5.75 Å². The fourth-order valence-corrected chi connectivity index (χ4v) is 2.70. The number of aliphatic carboxylic acids is 1. The minimum Gasteiger partial charge on any atom is -0.481 e. The van der Waals surface area contributed by atoms with E-state index in [-0.39, 0.29) is 5.75 Å². The Morgan fingerprint density at radius 1 is 1.08 bits per heavy atom. The smallest absolute Gasteiger partial charge is 0.306 e. The van der Waals surface area contributed by atoms with Crippen LogP contribution >= 0.6 is 0 Å². The number of nitrogens with one attached hydrogen (secondary N) is 1. The van der Waals surface area contributed by atoms with Crippen LogP contribution in [0.1, 0.15) is 18.1 Å². The van der Waals surface area contributed by atoms with E-state index in [1.165, 1.54) is 0 Å². The van der Waals surface area contributed by atoms with Gasteiger partial charge in [0.1, 0.15) is 5.75 Å². The first-order chi connectivity index (χ1) is 11.7. The highest BCUT2D eigenvalue weighted by Crippen LogP contribution is 2.17. The Balaban J connectivity index is 1.89. The van der Waals surface area contributed by atoms with Crippen LogP contribution in [0.25, 0.3) is 0 Å². The van der Waals surface area contributed by atoms with Crippen LogP contribution in [-0.2, 0) is 27.9 Å². The lowest BCUT2D eigenvalue weighted by molar-refractivity contribution is -0.141. The minimum atomic E-state index is -3.52. The van der Waals surface area contributed by atoms with E-state index in [2.05, 4.69) is 5.32 Å². The summed E-state index contributed by atoms with van der Waals surface area (Å²) in [6, 6.07) is 14.4. The first-order valence-electron chi connectivity index (χ1n) is 7.77. The summed E-state index contributed by atoms with van der Waals surface area (Å²) < 4.78 is 26.9. The highest BCUT2D eigenvalue weighted by molar-refractivity contribution is 7.86. The van der Waals surface area contributed by atoms with E-state index < -0.39 is 22.0 Å². The molecule has 25 heavy (non-hydrogen) atoms. The van der Waals surface area contributed by atoms with Gasteiger partial charge in [-0.05, 0) is 41.8 Å². The molecular weight excluding hydrogens is 342 g/mol. The van der Waals surface area contributed by atoms with Crippen LogP contribution in [0.4, 0.5) is 5.69 Å². The van der Waals surface area contributed by atoms with Crippen molar-refractivity contribution in [2.75, 3.05) is 11.6 Å². The summed E-state index contributed by atoms with van der Waals surface area (Å²) >= 11 is 0. The third-order valence-electron chi connectivity index (χ3n) is 3.58. The molecule has 0 heterocycles. The topological polar surface area (TPSA) is 92.7 Å². The van der Waals surface area contributed by atoms with E-state index in [9.17, 15) is 13.2 Å². The van der Waals surface area contributed by atoms with Crippen molar-refractivity contribution in [3.05, 3.63) is 59.7 Å². The molecule has 2 rings (SSSR count). The van der Waals surface area contributed by atoms with Crippen molar-refractivity contribution < 1.29 is 22.5 Å². The van der Waals surface area contributed by atoms with Gasteiger partial charge < -0.3 is 14.6 Å². The second-order valence-corrected chi connectivity index (χ2v) is 7.50. The van der Waals surface area contributed by atoms with Crippen molar-refractivity contribution in [1.82, 2.24) is 0 Å². The Morgan fingerprint density at radius 3 is 2.16 bits per heavy atom. The van der Waals surface area contributed by atoms with Gasteiger partial charge >= 0.3 is 16.1 Å². The van der Waals surface area contributed by atoms with Gasteiger partial charge in [0, 0.05) is 12.2 Å². The number of hydrogen-bond acceptors (Lipinski definition) is 5. The highest BCUT2D eigenvalue weighted by atomic mass is 32.2. The molecule has 0 radical (unpaired) electrons. The average molecular weight is 363 g/mol. The molecule has 134 valence electrons. The quantitative estimate of drug-likeness (QED) is 0.701. The number of anilines is 1. The zero-order chi connectivity index (χ0) is 18.4. The molecule has 0 bridgehead atoms. The van der Waals surface area contributed by atoms with Gasteiger partial charge in [-0.1, -0.05) is 31.2 Å². The maximum Gasteiger partial charge on any atom is 0.306 e. The second kappa shape index (κ2) is 8.02. The lowest BCUT2D eigenvalue weighted by Gasteiger charge is -2.10. The fourth-order valence-electron chi connectivity index (χ4n) is 2.24. The first-order valence-corrected chi connectivity index (χ1v) is 9.58. The predicted octanol–water partition coefficient (Wildman–Crippen LogP) is 2.90. The summed E-state index contributed by atoms with van der Waals surface area (Å²) in [5.74, 6) is -0.930. The van der Waals surface area contributed by atoms with Gasteiger partial charge in [0.25, 0.3) is 0 Å². The first kappa shape index (κ1) is 18.8. The van der Waals surface area contributed by atoms with Gasteiger partial charge in [-0.3, -0.25) is 4.79 Å². The Bertz CT molecular complexity index is 814. The van der Waals surface area contributed by atoms with Gasteiger partial charge in [0.2, 0.25) is 0 Å². The standard InChI is InChI=1S/C18H21NO5S/c1-13(18(20)21)11-14-3-7-16(8-4-14)19-12-15-5-9-17(10-6-15)24-25(2,22)23/h3-10,13,19H,11-12H2,1-2H3,(H,20,21). The van der Waals surface area contributed by atoms with Crippen LogP contribution in [0.2, 0.25) is 0 Å². The molecule has 2 aromatic rings. The largest absolute Gasteiger partial charge is 0.481 e. The third-order valence-corrected chi connectivity index (χ3v) is 4.08. The molecule has 2 aromatic carbocycles. The molecular formula is C18H21NO5S. The predicted molar refractivity (Wildman–Crippen MR) is 96.2 cm³/mol. The SMILES string of the molecule is CC(Cc1ccc(NCc2ccc(OS(C)(=O)=O)cc2)cc1)C(=O)O. The van der Waals surface area contributed by atoms with Crippen molar-refractivity contribution in [3.63, 3.8) is 0 Å². The monoisotopic (exact) mass is 363 g/mol. The number of rotatable bonds is 8. The Kier molecular flexibility index (Phi) is 6.03. The molecule has 0 fully saturated rings. The summed E-state index contributed by atoms with van der Waals surface area (Å²) in [4.78, 5) is 10.9. The van der Waals surface area contributed by atoms with Gasteiger partial charge in [-0.15, -0.1) is 0 Å². The molecule has 0 aliphatic heterocycles. The molecule has 6 nitrogen and oxygen atoms in total. The number of carbonyl (C=O) groups is 1. The van der Waals surface area contributed by atoms with Crippen molar-refractivity contribution in [2.45, 2.75) is 19.9 Å². The second-order valence-electron chi connectivity index (χ2n) is 5.93. The van der Waals surface area contributed by atoms with E-state index in [0.717, 1.165) is 23.1 Å². The van der Waals surface area contributed by atoms with Crippen molar-refractivity contribution in [2.24, 2.45) is 5.92 Å². The maximum atomic E-state index is 11.1. The lowest BCUT2D eigenvalue weighted by atomic mass is 10.0. The van der Waals surface area contributed by atoms with Crippen molar-refractivity contribution in [1.29, 1.82) is 0 Å². The summed E-state index contributed by atoms with van der Waals surface area (Å²) in [5, 5.41) is 12.2. The Labute approximate surface area is 147 Å². The normalized spacial score (nSPS) is 12.4. The van der Waals surface area contributed by atoms with E-state index >= 15 is 0 Å². The summed E-state index contributed by atoms with van der Waals surface area (Å²) in [6.45, 7) is 2.26. The fraction of sp³-hybridized carbons (Fsp3) is 0.278. The van der Waals surface area contributed by atoms with Crippen LogP contribution in [0, 0.1) is 5.92 Å². The molecule has 0 aliphatic rings. The lowest BCUT2D eigenvalue weighted by Crippen LogP contribution is -2.12. The van der Waals surface area contributed by atoms with Crippen LogP contribution in [-0.4, -0.2) is 25.7 Å². The molecule has 0 aromatic heterocycles. The summed E-state index contributed by atoms with van der Waals surface area (Å²) in [7, 11) is -3.52. The maximum absolute atomic E-state index is 11.1. The summed E-state index contributed by atoms with van der Waals surface area (Å²) in [5.41, 5.74) is 2.87. The third kappa shape index (κ3) is 6.46. The molecule has 2 N–H and O–H groups in total. The Hall–Kier alpha value is -2.54. The molecule has 0 amide bonds. The van der Waals surface area contributed by atoms with Gasteiger partial charge in [-0.2, -0.15) is 8.42 Å². The molecule has 7 heteroatoms. The van der Waals surface area contributed by atoms with Crippen molar-refractivity contribution in [3.8, 4) is 5.75 Å². The van der Waals surface area contributed by atoms with Gasteiger partial charge in [-0.25, -0.2) is 0 Å². The molecule has 0 saturated carbocycles. The number of carboxylic acid groups (broad SMARTS) is 1. The summed E-state index contributed by atoms with van der Waals surface area (Å²) in [6.07, 6.45) is 1.50. The van der Waals surface area contributed by atoms with Crippen LogP contribution < -0.4 is 9.50 Å². The zero-order valence-electron chi connectivity index (χ0n) is 14.1. The van der Waals surface area contributed by atoms with E-state index in [0.29, 0.717) is 13.0 Å². The Morgan fingerprint density at radius 2 is 1.64 bits per heavy atom. The van der Waals surface area contributed by atoms with Crippen molar-refractivity contribution >= 4 is 21.8 Å². The van der Waals surface area contributed by atoms with Gasteiger partial charge in [0.05, 0.1) is 12.2 Å². The van der Waals surface area contributed by atoms with Crippen LogP contribution in [0.3, 0.4) is 0 Å². The molecule has 1 atom stereocenters. The van der Waals surface area contributed by atoms with E-state index in [4.69, 9.17) is 9.29 Å². The number of carboxylic acids is 1. The number of hydrogen-bond donors (Lipinski definition) is 2. The van der Waals surface area contributed by atoms with Gasteiger partial charge in [0.15, 0.2) is 0 Å². The minimum absolute atomic E-state index is 0.281.